The average Bonchev–Trinajstić information content (AvgIpc) is 2.48. The number of benzene rings is 2. The first kappa shape index (κ1) is 16.9. The Labute approximate surface area is 134 Å². The van der Waals surface area contributed by atoms with Gasteiger partial charge in [0.05, 0.1) is 4.90 Å². The van der Waals surface area contributed by atoms with Gasteiger partial charge in [0.1, 0.15) is 5.82 Å². The van der Waals surface area contributed by atoms with Crippen LogP contribution >= 0.6 is 0 Å². The van der Waals surface area contributed by atoms with Gasteiger partial charge in [0, 0.05) is 6.08 Å². The molecule has 1 amide bonds. The van der Waals surface area contributed by atoms with Crippen molar-refractivity contribution in [3.05, 3.63) is 71.0 Å². The first-order valence-electron chi connectivity index (χ1n) is 6.85. The molecule has 0 heterocycles. The normalized spacial score (nSPS) is 11.6. The Bertz CT molecular complexity index is 856. The van der Waals surface area contributed by atoms with E-state index in [1.54, 1.807) is 26.0 Å². The summed E-state index contributed by atoms with van der Waals surface area (Å²) in [5, 5.41) is 0. The van der Waals surface area contributed by atoms with Crippen LogP contribution in [-0.2, 0) is 14.8 Å². The van der Waals surface area contributed by atoms with Crippen LogP contribution in [0.2, 0.25) is 0 Å². The van der Waals surface area contributed by atoms with Crippen LogP contribution in [0.1, 0.15) is 16.7 Å². The number of rotatable bonds is 4. The Kier molecular flexibility index (Phi) is 4.95. The van der Waals surface area contributed by atoms with Gasteiger partial charge in [-0.2, -0.15) is 0 Å². The summed E-state index contributed by atoms with van der Waals surface area (Å²) in [5.74, 6) is -1.15. The molecular weight excluding hydrogens is 317 g/mol. The predicted molar refractivity (Wildman–Crippen MR) is 86.7 cm³/mol. The van der Waals surface area contributed by atoms with Crippen LogP contribution in [-0.4, -0.2) is 14.3 Å². The molecule has 6 heteroatoms. The molecule has 0 aromatic heterocycles. The fraction of sp³-hybridized carbons (Fsp3) is 0.118. The van der Waals surface area contributed by atoms with Gasteiger partial charge in [-0.15, -0.1) is 0 Å². The van der Waals surface area contributed by atoms with E-state index in [2.05, 4.69) is 0 Å². The molecule has 2 aromatic rings. The van der Waals surface area contributed by atoms with Crippen LogP contribution in [0, 0.1) is 19.7 Å². The molecule has 0 aliphatic carbocycles. The van der Waals surface area contributed by atoms with Crippen molar-refractivity contribution < 1.29 is 17.6 Å². The topological polar surface area (TPSA) is 63.2 Å². The van der Waals surface area contributed by atoms with Gasteiger partial charge in [0.2, 0.25) is 0 Å². The van der Waals surface area contributed by atoms with Gasteiger partial charge in [-0.25, -0.2) is 17.5 Å². The Morgan fingerprint density at radius 1 is 1.09 bits per heavy atom. The van der Waals surface area contributed by atoms with E-state index >= 15 is 0 Å². The highest BCUT2D eigenvalue weighted by Gasteiger charge is 2.18. The van der Waals surface area contributed by atoms with Crippen molar-refractivity contribution in [3.8, 4) is 0 Å². The van der Waals surface area contributed by atoms with Gasteiger partial charge in [0.25, 0.3) is 15.9 Å². The van der Waals surface area contributed by atoms with Crippen LogP contribution in [0.4, 0.5) is 4.39 Å². The molecule has 0 spiro atoms. The van der Waals surface area contributed by atoms with Crippen molar-refractivity contribution in [1.29, 1.82) is 0 Å². The summed E-state index contributed by atoms with van der Waals surface area (Å²) in [6.07, 6.45) is 2.50. The Morgan fingerprint density at radius 3 is 2.39 bits per heavy atom. The molecule has 23 heavy (non-hydrogen) atoms. The second-order valence-corrected chi connectivity index (χ2v) is 6.77. The lowest BCUT2D eigenvalue weighted by Crippen LogP contribution is -2.29. The maximum absolute atomic E-state index is 12.8. The van der Waals surface area contributed by atoms with Crippen molar-refractivity contribution in [2.75, 3.05) is 0 Å². The molecular formula is C17H16FNO3S. The Balaban J connectivity index is 2.15. The Morgan fingerprint density at radius 2 is 1.74 bits per heavy atom. The van der Waals surface area contributed by atoms with Crippen molar-refractivity contribution >= 4 is 22.0 Å². The summed E-state index contributed by atoms with van der Waals surface area (Å²) in [4.78, 5) is 11.9. The summed E-state index contributed by atoms with van der Waals surface area (Å²) in [5.41, 5.74) is 1.93. The average molecular weight is 333 g/mol. The fourth-order valence-corrected chi connectivity index (χ4v) is 3.24. The zero-order valence-corrected chi connectivity index (χ0v) is 13.5. The smallest absolute Gasteiger partial charge is 0.264 e. The number of carbonyl (C=O) groups excluding carboxylic acids is 1. The van der Waals surface area contributed by atoms with E-state index in [9.17, 15) is 17.6 Å². The second kappa shape index (κ2) is 6.75. The maximum Gasteiger partial charge on any atom is 0.264 e. The lowest BCUT2D eigenvalue weighted by atomic mass is 10.2. The first-order chi connectivity index (χ1) is 10.8. The third-order valence-electron chi connectivity index (χ3n) is 3.17. The molecule has 2 aromatic carbocycles. The number of amides is 1. The quantitative estimate of drug-likeness (QED) is 0.875. The van der Waals surface area contributed by atoms with Gasteiger partial charge in [-0.05, 0) is 54.8 Å². The highest BCUT2D eigenvalue weighted by Crippen LogP contribution is 2.16. The van der Waals surface area contributed by atoms with Crippen molar-refractivity contribution in [2.45, 2.75) is 18.7 Å². The minimum absolute atomic E-state index is 0.0704. The van der Waals surface area contributed by atoms with Gasteiger partial charge < -0.3 is 0 Å². The summed E-state index contributed by atoms with van der Waals surface area (Å²) < 4.78 is 39.3. The standard InChI is InChI=1S/C17H16FNO3S/c1-12-3-4-13(2)16(11-12)23(21,22)19-17(20)10-7-14-5-8-15(18)9-6-14/h3-11H,1-2H3,(H,19,20)/b10-7+. The number of carbonyl (C=O) groups is 1. The minimum Gasteiger partial charge on any atom is -0.269 e. The lowest BCUT2D eigenvalue weighted by Gasteiger charge is -2.08. The van der Waals surface area contributed by atoms with E-state index in [0.717, 1.165) is 11.6 Å². The van der Waals surface area contributed by atoms with Crippen LogP contribution in [0.5, 0.6) is 0 Å². The first-order valence-corrected chi connectivity index (χ1v) is 8.34. The van der Waals surface area contributed by atoms with Gasteiger partial charge in [0.15, 0.2) is 0 Å². The molecule has 0 bridgehead atoms. The number of hydrogen-bond acceptors (Lipinski definition) is 3. The van der Waals surface area contributed by atoms with Crippen molar-refractivity contribution in [3.63, 3.8) is 0 Å². The molecule has 120 valence electrons. The molecule has 0 atom stereocenters. The van der Waals surface area contributed by atoms with E-state index in [1.807, 2.05) is 4.72 Å². The van der Waals surface area contributed by atoms with E-state index in [0.29, 0.717) is 11.1 Å². The summed E-state index contributed by atoms with van der Waals surface area (Å²) in [7, 11) is -3.93. The minimum atomic E-state index is -3.93. The third kappa shape index (κ3) is 4.50. The van der Waals surface area contributed by atoms with Crippen LogP contribution in [0.3, 0.4) is 0 Å². The number of nitrogens with one attached hydrogen (secondary N) is 1. The fourth-order valence-electron chi connectivity index (χ4n) is 1.96. The van der Waals surface area contributed by atoms with Crippen LogP contribution in [0.25, 0.3) is 6.08 Å². The Hall–Kier alpha value is -2.47. The summed E-state index contributed by atoms with van der Waals surface area (Å²) >= 11 is 0. The SMILES string of the molecule is Cc1ccc(C)c(S(=O)(=O)NC(=O)/C=C/c2ccc(F)cc2)c1. The predicted octanol–water partition coefficient (Wildman–Crippen LogP) is 2.96. The third-order valence-corrected chi connectivity index (χ3v) is 4.65. The summed E-state index contributed by atoms with van der Waals surface area (Å²) in [6.45, 7) is 3.43. The maximum atomic E-state index is 12.8. The number of aryl methyl sites for hydroxylation is 2. The monoisotopic (exact) mass is 333 g/mol. The van der Waals surface area contributed by atoms with Gasteiger partial charge in [-0.1, -0.05) is 24.3 Å². The van der Waals surface area contributed by atoms with Crippen LogP contribution < -0.4 is 4.72 Å². The molecule has 0 saturated heterocycles. The molecule has 0 saturated carbocycles. The van der Waals surface area contributed by atoms with E-state index in [4.69, 9.17) is 0 Å². The molecule has 0 aliphatic rings. The second-order valence-electron chi connectivity index (χ2n) is 5.12. The number of hydrogen-bond donors (Lipinski definition) is 1. The number of halogens is 1. The van der Waals surface area contributed by atoms with E-state index in [-0.39, 0.29) is 10.7 Å². The molecule has 0 radical (unpaired) electrons. The van der Waals surface area contributed by atoms with Crippen molar-refractivity contribution in [2.24, 2.45) is 0 Å². The molecule has 2 rings (SSSR count). The number of sulfonamides is 1. The molecule has 4 nitrogen and oxygen atoms in total. The van der Waals surface area contributed by atoms with E-state index < -0.39 is 15.9 Å². The van der Waals surface area contributed by atoms with Crippen molar-refractivity contribution in [1.82, 2.24) is 4.72 Å². The van der Waals surface area contributed by atoms with Gasteiger partial charge in [-0.3, -0.25) is 4.79 Å². The molecule has 0 aliphatic heterocycles. The summed E-state index contributed by atoms with van der Waals surface area (Å²) in [6, 6.07) is 10.5. The zero-order chi connectivity index (χ0) is 17.0. The largest absolute Gasteiger partial charge is 0.269 e. The highest BCUT2D eigenvalue weighted by atomic mass is 32.2. The lowest BCUT2D eigenvalue weighted by molar-refractivity contribution is -0.114. The molecule has 0 fully saturated rings. The van der Waals surface area contributed by atoms with Gasteiger partial charge >= 0.3 is 0 Å². The zero-order valence-electron chi connectivity index (χ0n) is 12.7. The van der Waals surface area contributed by atoms with E-state index in [1.165, 1.54) is 36.4 Å². The molecule has 0 unspecified atom stereocenters. The molecule has 1 N–H and O–H groups in total. The highest BCUT2D eigenvalue weighted by molar-refractivity contribution is 7.90. The van der Waals surface area contributed by atoms with Crippen LogP contribution in [0.15, 0.2) is 53.4 Å².